The van der Waals surface area contributed by atoms with Crippen LogP contribution in [0.15, 0.2) is 30.3 Å². The quantitative estimate of drug-likeness (QED) is 0.492. The molecular weight excluding hydrogens is 356 g/mol. The first-order valence-electron chi connectivity index (χ1n) is 9.83. The lowest BCUT2D eigenvalue weighted by atomic mass is 10.0. The zero-order valence-corrected chi connectivity index (χ0v) is 19.3. The molecule has 0 unspecified atom stereocenters. The normalized spacial score (nSPS) is 15.3. The van der Waals surface area contributed by atoms with E-state index in [1.807, 2.05) is 39.0 Å². The summed E-state index contributed by atoms with van der Waals surface area (Å²) in [5.74, 6) is -0.390. The molecule has 1 rings (SSSR count). The minimum atomic E-state index is -2.08. The van der Waals surface area contributed by atoms with Gasteiger partial charge in [-0.2, -0.15) is 0 Å². The maximum absolute atomic E-state index is 12.2. The molecule has 0 amide bonds. The van der Waals surface area contributed by atoms with E-state index in [1.165, 1.54) is 5.56 Å². The minimum Gasteiger partial charge on any atom is -0.460 e. The highest BCUT2D eigenvalue weighted by Crippen LogP contribution is 2.38. The first kappa shape index (κ1) is 23.9. The van der Waals surface area contributed by atoms with Crippen LogP contribution in [0.1, 0.15) is 59.9 Å². The number of aliphatic hydroxyl groups is 1. The average molecular weight is 395 g/mol. The molecule has 27 heavy (non-hydrogen) atoms. The Labute approximate surface area is 166 Å². The number of esters is 1. The van der Waals surface area contributed by atoms with E-state index in [0.29, 0.717) is 6.42 Å². The van der Waals surface area contributed by atoms with Crippen LogP contribution in [0, 0.1) is 0 Å². The van der Waals surface area contributed by atoms with Gasteiger partial charge in [-0.1, -0.05) is 51.1 Å². The largest absolute Gasteiger partial charge is 0.460 e. The summed E-state index contributed by atoms with van der Waals surface area (Å²) in [6.45, 7) is 16.4. The zero-order chi connectivity index (χ0) is 20.9. The summed E-state index contributed by atoms with van der Waals surface area (Å²) in [7, 11) is -2.08. The van der Waals surface area contributed by atoms with E-state index >= 15 is 0 Å². The van der Waals surface area contributed by atoms with Crippen molar-refractivity contribution >= 4 is 14.3 Å². The topological polar surface area (TPSA) is 55.8 Å². The molecule has 0 saturated heterocycles. The van der Waals surface area contributed by atoms with Gasteiger partial charge in [-0.15, -0.1) is 0 Å². The molecule has 0 spiro atoms. The SMILES string of the molecule is CC(C)(C)OC(=O)C[C@H](O)[C@@H](CCc1ccccc1)O[Si](C)(C)C(C)(C)C. The van der Waals surface area contributed by atoms with Crippen LogP contribution in [0.5, 0.6) is 0 Å². The van der Waals surface area contributed by atoms with Crippen LogP contribution in [0.3, 0.4) is 0 Å². The van der Waals surface area contributed by atoms with Crippen molar-refractivity contribution in [2.75, 3.05) is 0 Å². The fourth-order valence-corrected chi connectivity index (χ4v) is 3.91. The summed E-state index contributed by atoms with van der Waals surface area (Å²) in [6, 6.07) is 10.2. The van der Waals surface area contributed by atoms with Crippen LogP contribution in [0.25, 0.3) is 0 Å². The van der Waals surface area contributed by atoms with Gasteiger partial charge in [-0.25, -0.2) is 0 Å². The number of rotatable bonds is 8. The molecule has 154 valence electrons. The molecule has 0 aliphatic rings. The van der Waals surface area contributed by atoms with Crippen molar-refractivity contribution in [3.05, 3.63) is 35.9 Å². The Hall–Kier alpha value is -1.17. The van der Waals surface area contributed by atoms with Crippen LogP contribution < -0.4 is 0 Å². The summed E-state index contributed by atoms with van der Waals surface area (Å²) >= 11 is 0. The van der Waals surface area contributed by atoms with E-state index in [4.69, 9.17) is 9.16 Å². The molecule has 1 aromatic carbocycles. The molecule has 1 N–H and O–H groups in total. The number of hydrogen-bond donors (Lipinski definition) is 1. The fraction of sp³-hybridized carbons (Fsp3) is 0.682. The van der Waals surface area contributed by atoms with Gasteiger partial charge in [-0.3, -0.25) is 4.79 Å². The Bertz CT molecular complexity index is 585. The molecule has 4 nitrogen and oxygen atoms in total. The van der Waals surface area contributed by atoms with Crippen LogP contribution >= 0.6 is 0 Å². The number of benzene rings is 1. The molecule has 1 aromatic rings. The third-order valence-corrected chi connectivity index (χ3v) is 9.54. The molecule has 0 radical (unpaired) electrons. The summed E-state index contributed by atoms with van der Waals surface area (Å²) < 4.78 is 11.9. The minimum absolute atomic E-state index is 0.0314. The van der Waals surface area contributed by atoms with Crippen molar-refractivity contribution < 1.29 is 19.1 Å². The first-order valence-corrected chi connectivity index (χ1v) is 12.7. The molecule has 5 heteroatoms. The van der Waals surface area contributed by atoms with E-state index in [1.54, 1.807) is 0 Å². The molecule has 0 aliphatic heterocycles. The summed E-state index contributed by atoms with van der Waals surface area (Å²) in [4.78, 5) is 12.2. The summed E-state index contributed by atoms with van der Waals surface area (Å²) in [6.07, 6.45) is 0.147. The predicted molar refractivity (Wildman–Crippen MR) is 113 cm³/mol. The Morgan fingerprint density at radius 2 is 1.63 bits per heavy atom. The highest BCUT2D eigenvalue weighted by Gasteiger charge is 2.41. The predicted octanol–water partition coefficient (Wildman–Crippen LogP) is 5.10. The fourth-order valence-electron chi connectivity index (χ4n) is 2.52. The van der Waals surface area contributed by atoms with Gasteiger partial charge in [-0.05, 0) is 57.3 Å². The smallest absolute Gasteiger partial charge is 0.309 e. The van der Waals surface area contributed by atoms with Gasteiger partial charge in [0, 0.05) is 0 Å². The lowest BCUT2D eigenvalue weighted by Gasteiger charge is -2.40. The molecule has 0 bridgehead atoms. The van der Waals surface area contributed by atoms with E-state index in [0.717, 1.165) is 6.42 Å². The van der Waals surface area contributed by atoms with Crippen molar-refractivity contribution in [1.29, 1.82) is 0 Å². The number of ether oxygens (including phenoxy) is 1. The maximum atomic E-state index is 12.2. The van der Waals surface area contributed by atoms with Crippen molar-refractivity contribution in [3.63, 3.8) is 0 Å². The van der Waals surface area contributed by atoms with Crippen LogP contribution in [-0.2, 0) is 20.4 Å². The van der Waals surface area contributed by atoms with Gasteiger partial charge in [0.1, 0.15) is 5.60 Å². The molecule has 0 heterocycles. The molecule has 0 aliphatic carbocycles. The molecular formula is C22H38O4Si. The molecule has 0 fully saturated rings. The Morgan fingerprint density at radius 3 is 2.11 bits per heavy atom. The van der Waals surface area contributed by atoms with Gasteiger partial charge in [0.05, 0.1) is 18.6 Å². The van der Waals surface area contributed by atoms with Gasteiger partial charge in [0.15, 0.2) is 8.32 Å². The standard InChI is InChI=1S/C22H38O4Si/c1-21(2,3)25-20(24)16-18(23)19(26-27(7,8)22(4,5)6)15-14-17-12-10-9-11-13-17/h9-13,18-19,23H,14-16H2,1-8H3/t18-,19+/m0/s1. The summed E-state index contributed by atoms with van der Waals surface area (Å²) in [5, 5.41) is 10.8. The second kappa shape index (κ2) is 9.35. The lowest BCUT2D eigenvalue weighted by molar-refractivity contribution is -0.158. The first-order chi connectivity index (χ1) is 12.2. The molecule has 0 aromatic heterocycles. The van der Waals surface area contributed by atoms with Gasteiger partial charge >= 0.3 is 5.97 Å². The van der Waals surface area contributed by atoms with Crippen molar-refractivity contribution in [3.8, 4) is 0 Å². The lowest BCUT2D eigenvalue weighted by Crippen LogP contribution is -2.47. The van der Waals surface area contributed by atoms with E-state index < -0.39 is 32.1 Å². The van der Waals surface area contributed by atoms with Crippen LogP contribution in [0.2, 0.25) is 18.1 Å². The maximum Gasteiger partial charge on any atom is 0.309 e. The highest BCUT2D eigenvalue weighted by molar-refractivity contribution is 6.74. The Kier molecular flexibility index (Phi) is 8.26. The van der Waals surface area contributed by atoms with E-state index in [9.17, 15) is 9.90 Å². The highest BCUT2D eigenvalue weighted by atomic mass is 28.4. The van der Waals surface area contributed by atoms with Crippen LogP contribution in [-0.4, -0.2) is 37.2 Å². The number of hydrogen-bond acceptors (Lipinski definition) is 4. The zero-order valence-electron chi connectivity index (χ0n) is 18.3. The van der Waals surface area contributed by atoms with Crippen LogP contribution in [0.4, 0.5) is 0 Å². The monoisotopic (exact) mass is 394 g/mol. The van der Waals surface area contributed by atoms with Gasteiger partial charge in [0.2, 0.25) is 0 Å². The third-order valence-electron chi connectivity index (χ3n) is 5.04. The number of carbonyl (C=O) groups excluding carboxylic acids is 1. The van der Waals surface area contributed by atoms with Crippen molar-refractivity contribution in [1.82, 2.24) is 0 Å². The van der Waals surface area contributed by atoms with Crippen molar-refractivity contribution in [2.45, 2.75) is 96.7 Å². The van der Waals surface area contributed by atoms with Gasteiger partial charge < -0.3 is 14.3 Å². The Balaban J connectivity index is 2.87. The number of aryl methyl sites for hydroxylation is 1. The Morgan fingerprint density at radius 1 is 1.07 bits per heavy atom. The second-order valence-corrected chi connectivity index (χ2v) is 14.6. The van der Waals surface area contributed by atoms with E-state index in [2.05, 4.69) is 46.0 Å². The van der Waals surface area contributed by atoms with E-state index in [-0.39, 0.29) is 11.5 Å². The third kappa shape index (κ3) is 8.58. The van der Waals surface area contributed by atoms with Gasteiger partial charge in [0.25, 0.3) is 0 Å². The molecule has 2 atom stereocenters. The van der Waals surface area contributed by atoms with Crippen molar-refractivity contribution in [2.24, 2.45) is 0 Å². The second-order valence-electron chi connectivity index (χ2n) is 9.80. The average Bonchev–Trinajstić information content (AvgIpc) is 2.49. The summed E-state index contributed by atoms with van der Waals surface area (Å²) in [5.41, 5.74) is 0.641. The number of carbonyl (C=O) groups is 1. The molecule has 0 saturated carbocycles. The number of aliphatic hydroxyl groups excluding tert-OH is 1.